The standard InChI is InChI=1S/C15H20ClNO4/c1-4-9-10(12-5-8(7-17-12)15(18)19)6-11(16)14(21-3)13(9)20-2/h6,8,12,17H,4-5,7H2,1-3H3,(H,18,19). The van der Waals surface area contributed by atoms with Crippen LogP contribution in [-0.2, 0) is 11.2 Å². The van der Waals surface area contributed by atoms with Crippen LogP contribution in [0.15, 0.2) is 6.07 Å². The molecule has 1 aromatic carbocycles. The third-order valence-electron chi connectivity index (χ3n) is 3.95. The molecular formula is C15H20ClNO4. The number of halogens is 1. The van der Waals surface area contributed by atoms with Crippen molar-refractivity contribution in [2.45, 2.75) is 25.8 Å². The Bertz CT molecular complexity index is 547. The second-order valence-corrected chi connectivity index (χ2v) is 5.49. The largest absolute Gasteiger partial charge is 0.493 e. The number of aliphatic carboxylic acids is 1. The van der Waals surface area contributed by atoms with Crippen molar-refractivity contribution in [3.8, 4) is 11.5 Å². The van der Waals surface area contributed by atoms with Crippen molar-refractivity contribution in [1.29, 1.82) is 0 Å². The van der Waals surface area contributed by atoms with Crippen molar-refractivity contribution in [1.82, 2.24) is 5.32 Å². The molecule has 2 N–H and O–H groups in total. The van der Waals surface area contributed by atoms with Crippen molar-refractivity contribution >= 4 is 17.6 Å². The summed E-state index contributed by atoms with van der Waals surface area (Å²) in [6, 6.07) is 1.82. The van der Waals surface area contributed by atoms with Crippen molar-refractivity contribution in [3.05, 3.63) is 22.2 Å². The van der Waals surface area contributed by atoms with Gasteiger partial charge in [-0.2, -0.15) is 0 Å². The van der Waals surface area contributed by atoms with Crippen LogP contribution in [0.4, 0.5) is 0 Å². The maximum Gasteiger partial charge on any atom is 0.307 e. The third kappa shape index (κ3) is 2.94. The Morgan fingerprint density at radius 3 is 2.57 bits per heavy atom. The van der Waals surface area contributed by atoms with E-state index in [2.05, 4.69) is 5.32 Å². The van der Waals surface area contributed by atoms with Crippen LogP contribution in [-0.4, -0.2) is 31.8 Å². The molecule has 1 heterocycles. The molecule has 1 aliphatic heterocycles. The number of carbonyl (C=O) groups is 1. The first kappa shape index (κ1) is 15.9. The first-order chi connectivity index (χ1) is 10.0. The Kier molecular flexibility index (Phi) is 4.96. The summed E-state index contributed by atoms with van der Waals surface area (Å²) in [6.07, 6.45) is 1.30. The van der Waals surface area contributed by atoms with E-state index in [1.54, 1.807) is 14.2 Å². The molecule has 0 radical (unpaired) electrons. The zero-order chi connectivity index (χ0) is 15.6. The van der Waals surface area contributed by atoms with E-state index in [0.717, 1.165) is 17.5 Å². The molecule has 21 heavy (non-hydrogen) atoms. The Morgan fingerprint density at radius 2 is 2.10 bits per heavy atom. The molecule has 5 nitrogen and oxygen atoms in total. The molecule has 0 saturated carbocycles. The van der Waals surface area contributed by atoms with Gasteiger partial charge in [0.1, 0.15) is 0 Å². The van der Waals surface area contributed by atoms with Gasteiger partial charge in [0.15, 0.2) is 11.5 Å². The lowest BCUT2D eigenvalue weighted by Gasteiger charge is -2.21. The van der Waals surface area contributed by atoms with E-state index in [9.17, 15) is 4.79 Å². The molecule has 6 heteroatoms. The second-order valence-electron chi connectivity index (χ2n) is 5.08. The van der Waals surface area contributed by atoms with Gasteiger partial charge in [-0.25, -0.2) is 0 Å². The summed E-state index contributed by atoms with van der Waals surface area (Å²) in [6.45, 7) is 2.49. The average Bonchev–Trinajstić information content (AvgIpc) is 2.95. The molecule has 1 saturated heterocycles. The lowest BCUT2D eigenvalue weighted by molar-refractivity contribution is -0.141. The molecule has 1 aromatic rings. The number of nitrogens with one attached hydrogen (secondary N) is 1. The Morgan fingerprint density at radius 1 is 1.43 bits per heavy atom. The molecule has 2 atom stereocenters. The monoisotopic (exact) mass is 313 g/mol. The van der Waals surface area contributed by atoms with E-state index in [1.807, 2.05) is 13.0 Å². The average molecular weight is 314 g/mol. The van der Waals surface area contributed by atoms with Gasteiger partial charge in [0.25, 0.3) is 0 Å². The SMILES string of the molecule is CCc1c(C2CC(C(=O)O)CN2)cc(Cl)c(OC)c1OC. The van der Waals surface area contributed by atoms with E-state index in [1.165, 1.54) is 0 Å². The van der Waals surface area contributed by atoms with Crippen LogP contribution in [0, 0.1) is 5.92 Å². The van der Waals surface area contributed by atoms with Gasteiger partial charge in [-0.15, -0.1) is 0 Å². The minimum absolute atomic E-state index is 0.0293. The van der Waals surface area contributed by atoms with Gasteiger partial charge in [0, 0.05) is 18.2 Å². The number of benzene rings is 1. The summed E-state index contributed by atoms with van der Waals surface area (Å²) >= 11 is 6.27. The van der Waals surface area contributed by atoms with Crippen LogP contribution in [0.25, 0.3) is 0 Å². The van der Waals surface area contributed by atoms with Gasteiger partial charge < -0.3 is 19.9 Å². The lowest BCUT2D eigenvalue weighted by Crippen LogP contribution is -2.18. The van der Waals surface area contributed by atoms with Crippen molar-refractivity contribution in [3.63, 3.8) is 0 Å². The molecule has 0 aromatic heterocycles. The third-order valence-corrected chi connectivity index (χ3v) is 4.23. The number of carboxylic acids is 1. The topological polar surface area (TPSA) is 67.8 Å². The molecule has 1 aliphatic rings. The first-order valence-corrected chi connectivity index (χ1v) is 7.30. The highest BCUT2D eigenvalue weighted by Gasteiger charge is 2.32. The summed E-state index contributed by atoms with van der Waals surface area (Å²) in [7, 11) is 3.14. The summed E-state index contributed by atoms with van der Waals surface area (Å²) in [5, 5.41) is 12.9. The molecular weight excluding hydrogens is 294 g/mol. The number of hydrogen-bond acceptors (Lipinski definition) is 4. The van der Waals surface area contributed by atoms with E-state index in [4.69, 9.17) is 26.2 Å². The van der Waals surface area contributed by atoms with Crippen LogP contribution < -0.4 is 14.8 Å². The normalized spacial score (nSPS) is 21.3. The predicted molar refractivity (Wildman–Crippen MR) is 80.4 cm³/mol. The smallest absolute Gasteiger partial charge is 0.307 e. The molecule has 2 unspecified atom stereocenters. The fourth-order valence-electron chi connectivity index (χ4n) is 2.91. The minimum Gasteiger partial charge on any atom is -0.493 e. The molecule has 116 valence electrons. The van der Waals surface area contributed by atoms with E-state index < -0.39 is 5.97 Å². The summed E-state index contributed by atoms with van der Waals surface area (Å²) < 4.78 is 10.8. The number of carboxylic acid groups (broad SMARTS) is 1. The molecule has 1 fully saturated rings. The van der Waals surface area contributed by atoms with Gasteiger partial charge in [-0.1, -0.05) is 18.5 Å². The molecule has 0 spiro atoms. The van der Waals surface area contributed by atoms with Crippen molar-refractivity contribution in [2.24, 2.45) is 5.92 Å². The summed E-state index contributed by atoms with van der Waals surface area (Å²) in [5.74, 6) is 0.0109. The number of ether oxygens (including phenoxy) is 2. The summed E-state index contributed by atoms with van der Waals surface area (Å²) in [5.41, 5.74) is 1.99. The van der Waals surface area contributed by atoms with E-state index in [-0.39, 0.29) is 12.0 Å². The number of hydrogen-bond donors (Lipinski definition) is 2. The molecule has 0 amide bonds. The molecule has 0 bridgehead atoms. The quantitative estimate of drug-likeness (QED) is 0.874. The van der Waals surface area contributed by atoms with Gasteiger partial charge >= 0.3 is 5.97 Å². The summed E-state index contributed by atoms with van der Waals surface area (Å²) in [4.78, 5) is 11.1. The van der Waals surface area contributed by atoms with Gasteiger partial charge in [0.2, 0.25) is 0 Å². The maximum absolute atomic E-state index is 11.1. The zero-order valence-corrected chi connectivity index (χ0v) is 13.2. The fourth-order valence-corrected chi connectivity index (χ4v) is 3.19. The van der Waals surface area contributed by atoms with Gasteiger partial charge in [-0.05, 0) is 24.5 Å². The number of methoxy groups -OCH3 is 2. The Labute approximate surface area is 129 Å². The Hall–Kier alpha value is -1.46. The van der Waals surface area contributed by atoms with Crippen LogP contribution in [0.2, 0.25) is 5.02 Å². The highest BCUT2D eigenvalue weighted by molar-refractivity contribution is 6.32. The van der Waals surface area contributed by atoms with Crippen LogP contribution >= 0.6 is 11.6 Å². The number of rotatable bonds is 5. The molecule has 2 rings (SSSR count). The minimum atomic E-state index is -0.769. The molecule has 0 aliphatic carbocycles. The zero-order valence-electron chi connectivity index (χ0n) is 12.4. The van der Waals surface area contributed by atoms with Crippen molar-refractivity contribution in [2.75, 3.05) is 20.8 Å². The lowest BCUT2D eigenvalue weighted by atomic mass is 9.93. The van der Waals surface area contributed by atoms with E-state index >= 15 is 0 Å². The van der Waals surface area contributed by atoms with Gasteiger partial charge in [-0.3, -0.25) is 4.79 Å². The highest BCUT2D eigenvalue weighted by Crippen LogP contribution is 2.43. The predicted octanol–water partition coefficient (Wildman–Crippen LogP) is 2.65. The van der Waals surface area contributed by atoms with Gasteiger partial charge in [0.05, 0.1) is 25.2 Å². The van der Waals surface area contributed by atoms with Crippen LogP contribution in [0.3, 0.4) is 0 Å². The Balaban J connectivity index is 2.44. The van der Waals surface area contributed by atoms with E-state index in [0.29, 0.717) is 29.5 Å². The fraction of sp³-hybridized carbons (Fsp3) is 0.533. The second kappa shape index (κ2) is 6.54. The maximum atomic E-state index is 11.1. The highest BCUT2D eigenvalue weighted by atomic mass is 35.5. The van der Waals surface area contributed by atoms with Crippen molar-refractivity contribution < 1.29 is 19.4 Å². The first-order valence-electron chi connectivity index (χ1n) is 6.92. The van der Waals surface area contributed by atoms with Crippen LogP contribution in [0.5, 0.6) is 11.5 Å². The van der Waals surface area contributed by atoms with Crippen LogP contribution in [0.1, 0.15) is 30.5 Å².